The molecule has 3 rings (SSSR count). The molecule has 146 valence electrons. The summed E-state index contributed by atoms with van der Waals surface area (Å²) in [6.45, 7) is 1.46. The molecule has 0 radical (unpaired) electrons. The number of benzene rings is 3. The van der Waals surface area contributed by atoms with Crippen molar-refractivity contribution in [2.24, 2.45) is 0 Å². The number of halogens is 2. The SMILES string of the molecule is Cc1cc(S(=O)(=O)Nc2ccc(S(=O)(=O)c3ccc(Cl)cc3)cc2)ccc1F. The number of aryl methyl sites for hydroxylation is 1. The molecule has 0 fully saturated rings. The number of hydrogen-bond donors (Lipinski definition) is 1. The fraction of sp³-hybridized carbons (Fsp3) is 0.0526. The van der Waals surface area contributed by atoms with Crippen LogP contribution >= 0.6 is 11.6 Å². The molecular formula is C19H15ClFNO4S2. The molecule has 0 heterocycles. The largest absolute Gasteiger partial charge is 0.280 e. The van der Waals surface area contributed by atoms with E-state index in [1.807, 2.05) is 0 Å². The summed E-state index contributed by atoms with van der Waals surface area (Å²) in [6.07, 6.45) is 0. The van der Waals surface area contributed by atoms with Gasteiger partial charge in [-0.2, -0.15) is 0 Å². The minimum atomic E-state index is -3.94. The fourth-order valence-electron chi connectivity index (χ4n) is 2.45. The third kappa shape index (κ3) is 4.19. The summed E-state index contributed by atoms with van der Waals surface area (Å²) in [5, 5.41) is 0.416. The van der Waals surface area contributed by atoms with E-state index in [0.29, 0.717) is 5.02 Å². The van der Waals surface area contributed by atoms with E-state index in [0.717, 1.165) is 12.1 Å². The topological polar surface area (TPSA) is 80.3 Å². The van der Waals surface area contributed by atoms with Crippen LogP contribution in [0.2, 0.25) is 5.02 Å². The second-order valence-electron chi connectivity index (χ2n) is 6.00. The molecule has 0 spiro atoms. The van der Waals surface area contributed by atoms with Gasteiger partial charge in [0.25, 0.3) is 10.0 Å². The van der Waals surface area contributed by atoms with Gasteiger partial charge in [0.1, 0.15) is 5.82 Å². The maximum Gasteiger partial charge on any atom is 0.261 e. The van der Waals surface area contributed by atoms with Gasteiger partial charge >= 0.3 is 0 Å². The number of rotatable bonds is 5. The quantitative estimate of drug-likeness (QED) is 0.638. The van der Waals surface area contributed by atoms with Gasteiger partial charge in [-0.15, -0.1) is 0 Å². The monoisotopic (exact) mass is 439 g/mol. The zero-order valence-electron chi connectivity index (χ0n) is 14.6. The van der Waals surface area contributed by atoms with Crippen LogP contribution in [0.5, 0.6) is 0 Å². The summed E-state index contributed by atoms with van der Waals surface area (Å²) in [5.74, 6) is -0.504. The van der Waals surface area contributed by atoms with Crippen LogP contribution in [-0.4, -0.2) is 16.8 Å². The average molecular weight is 440 g/mol. The Bertz CT molecular complexity index is 1220. The first kappa shape index (κ1) is 20.3. The molecule has 0 aromatic heterocycles. The first-order valence-electron chi connectivity index (χ1n) is 7.99. The number of sulfone groups is 1. The van der Waals surface area contributed by atoms with Crippen LogP contribution < -0.4 is 4.72 Å². The Morgan fingerprint density at radius 2 is 1.29 bits per heavy atom. The van der Waals surface area contributed by atoms with E-state index in [1.165, 1.54) is 61.5 Å². The normalized spacial score (nSPS) is 12.0. The summed E-state index contributed by atoms with van der Waals surface area (Å²) in [7, 11) is -7.69. The van der Waals surface area contributed by atoms with Gasteiger partial charge in [0, 0.05) is 10.7 Å². The van der Waals surface area contributed by atoms with Crippen LogP contribution in [0.25, 0.3) is 0 Å². The van der Waals surface area contributed by atoms with Gasteiger partial charge in [-0.1, -0.05) is 11.6 Å². The minimum absolute atomic E-state index is 0.00963. The summed E-state index contributed by atoms with van der Waals surface area (Å²) in [5.41, 5.74) is 0.379. The molecule has 9 heteroatoms. The first-order valence-corrected chi connectivity index (χ1v) is 11.3. The summed E-state index contributed by atoms with van der Waals surface area (Å²) < 4.78 is 65.8. The number of hydrogen-bond acceptors (Lipinski definition) is 4. The number of anilines is 1. The molecule has 3 aromatic carbocycles. The molecule has 0 aliphatic heterocycles. The molecule has 0 bridgehead atoms. The lowest BCUT2D eigenvalue weighted by Crippen LogP contribution is -2.13. The lowest BCUT2D eigenvalue weighted by atomic mass is 10.2. The molecule has 0 atom stereocenters. The van der Waals surface area contributed by atoms with Crippen LogP contribution in [0.15, 0.2) is 81.4 Å². The second kappa shape index (κ2) is 7.54. The maximum absolute atomic E-state index is 13.4. The minimum Gasteiger partial charge on any atom is -0.280 e. The summed E-state index contributed by atoms with van der Waals surface area (Å²) in [6, 6.07) is 14.5. The van der Waals surface area contributed by atoms with Crippen molar-refractivity contribution in [3.8, 4) is 0 Å². The van der Waals surface area contributed by atoms with Crippen molar-refractivity contribution in [1.82, 2.24) is 0 Å². The Hall–Kier alpha value is -2.42. The van der Waals surface area contributed by atoms with E-state index in [9.17, 15) is 21.2 Å². The Morgan fingerprint density at radius 3 is 1.82 bits per heavy atom. The first-order chi connectivity index (χ1) is 13.1. The number of nitrogens with one attached hydrogen (secondary N) is 1. The third-order valence-electron chi connectivity index (χ3n) is 3.98. The van der Waals surface area contributed by atoms with Gasteiger partial charge in [-0.3, -0.25) is 4.72 Å². The van der Waals surface area contributed by atoms with Gasteiger partial charge in [-0.05, 0) is 79.2 Å². The Morgan fingerprint density at radius 1 is 0.786 bits per heavy atom. The van der Waals surface area contributed by atoms with Crippen LogP contribution in [0.3, 0.4) is 0 Å². The van der Waals surface area contributed by atoms with E-state index in [-0.39, 0.29) is 25.9 Å². The lowest BCUT2D eigenvalue weighted by molar-refractivity contribution is 0.595. The number of sulfonamides is 1. The fourth-order valence-corrected chi connectivity index (χ4v) is 4.98. The lowest BCUT2D eigenvalue weighted by Gasteiger charge is -2.10. The predicted molar refractivity (Wildman–Crippen MR) is 105 cm³/mol. The van der Waals surface area contributed by atoms with Crippen molar-refractivity contribution in [3.05, 3.63) is 83.1 Å². The molecule has 5 nitrogen and oxygen atoms in total. The Balaban J connectivity index is 1.86. The smallest absolute Gasteiger partial charge is 0.261 e. The van der Waals surface area contributed by atoms with Crippen molar-refractivity contribution in [1.29, 1.82) is 0 Å². The standard InChI is InChI=1S/C19H15ClFNO4S2/c1-13-12-18(10-11-19(13)21)28(25,26)22-15-4-8-17(9-5-15)27(23,24)16-6-2-14(20)3-7-16/h2-12,22H,1H3. The van der Waals surface area contributed by atoms with Crippen molar-refractivity contribution in [2.45, 2.75) is 21.6 Å². The van der Waals surface area contributed by atoms with Crippen molar-refractivity contribution in [3.63, 3.8) is 0 Å². The molecule has 0 unspecified atom stereocenters. The van der Waals surface area contributed by atoms with Gasteiger partial charge in [0.15, 0.2) is 0 Å². The maximum atomic E-state index is 13.4. The van der Waals surface area contributed by atoms with E-state index in [1.54, 1.807) is 0 Å². The van der Waals surface area contributed by atoms with Crippen LogP contribution in [0, 0.1) is 12.7 Å². The molecule has 0 aliphatic rings. The molecule has 0 saturated heterocycles. The molecule has 0 aliphatic carbocycles. The zero-order chi connectivity index (χ0) is 20.5. The van der Waals surface area contributed by atoms with Gasteiger partial charge in [0.2, 0.25) is 9.84 Å². The molecule has 3 aromatic rings. The highest BCUT2D eigenvalue weighted by Crippen LogP contribution is 2.25. The zero-order valence-corrected chi connectivity index (χ0v) is 16.9. The molecule has 0 amide bonds. The predicted octanol–water partition coefficient (Wildman–Crippen LogP) is 4.42. The Kier molecular flexibility index (Phi) is 5.47. The van der Waals surface area contributed by atoms with Crippen LogP contribution in [-0.2, 0) is 19.9 Å². The summed E-state index contributed by atoms with van der Waals surface area (Å²) >= 11 is 5.78. The van der Waals surface area contributed by atoms with Crippen molar-refractivity contribution in [2.75, 3.05) is 4.72 Å². The highest BCUT2D eigenvalue weighted by Gasteiger charge is 2.19. The second-order valence-corrected chi connectivity index (χ2v) is 10.1. The van der Waals surface area contributed by atoms with Crippen LogP contribution in [0.1, 0.15) is 5.56 Å². The molecule has 1 N–H and O–H groups in total. The van der Waals surface area contributed by atoms with E-state index in [2.05, 4.69) is 4.72 Å². The summed E-state index contributed by atoms with van der Waals surface area (Å²) in [4.78, 5) is -0.00771. The van der Waals surface area contributed by atoms with Gasteiger partial charge in [0.05, 0.1) is 14.7 Å². The Labute approximate surface area is 167 Å². The van der Waals surface area contributed by atoms with E-state index in [4.69, 9.17) is 11.6 Å². The van der Waals surface area contributed by atoms with E-state index < -0.39 is 25.7 Å². The molecule has 0 saturated carbocycles. The highest BCUT2D eigenvalue weighted by molar-refractivity contribution is 7.92. The average Bonchev–Trinajstić information content (AvgIpc) is 2.64. The van der Waals surface area contributed by atoms with Gasteiger partial charge in [-0.25, -0.2) is 21.2 Å². The molecule has 28 heavy (non-hydrogen) atoms. The van der Waals surface area contributed by atoms with Crippen LogP contribution in [0.4, 0.5) is 10.1 Å². The molecular weight excluding hydrogens is 425 g/mol. The highest BCUT2D eigenvalue weighted by atomic mass is 35.5. The third-order valence-corrected chi connectivity index (χ3v) is 7.40. The van der Waals surface area contributed by atoms with Gasteiger partial charge < -0.3 is 0 Å². The van der Waals surface area contributed by atoms with E-state index >= 15 is 0 Å². The van der Waals surface area contributed by atoms with Crippen molar-refractivity contribution >= 4 is 37.1 Å². The van der Waals surface area contributed by atoms with Crippen molar-refractivity contribution < 1.29 is 21.2 Å².